The topological polar surface area (TPSA) is 58.7 Å². The molecule has 1 fully saturated rings. The summed E-state index contributed by atoms with van der Waals surface area (Å²) in [6, 6.07) is 8.20. The van der Waals surface area contributed by atoms with E-state index in [9.17, 15) is 5.11 Å². The highest BCUT2D eigenvalue weighted by molar-refractivity contribution is 5.37. The SMILES string of the molecule is CC1CN(Cc2cccc(C#CCN)c2)CC(CO)O1. The normalized spacial score (nSPS) is 23.1. The molecule has 2 rings (SSSR count). The van der Waals surface area contributed by atoms with Crippen molar-refractivity contribution in [3.63, 3.8) is 0 Å². The molecular weight excluding hydrogens is 252 g/mol. The first-order valence-corrected chi connectivity index (χ1v) is 6.98. The van der Waals surface area contributed by atoms with Gasteiger partial charge in [0.2, 0.25) is 0 Å². The zero-order chi connectivity index (χ0) is 14.4. The van der Waals surface area contributed by atoms with Gasteiger partial charge in [-0.1, -0.05) is 24.0 Å². The number of rotatable bonds is 3. The molecule has 2 atom stereocenters. The van der Waals surface area contributed by atoms with Crippen molar-refractivity contribution in [1.82, 2.24) is 4.90 Å². The van der Waals surface area contributed by atoms with Crippen molar-refractivity contribution in [2.75, 3.05) is 26.2 Å². The second kappa shape index (κ2) is 7.41. The third-order valence-corrected chi connectivity index (χ3v) is 3.27. The predicted octanol–water partition coefficient (Wildman–Crippen LogP) is 0.578. The zero-order valence-corrected chi connectivity index (χ0v) is 11.9. The number of nitrogens with zero attached hydrogens (tertiary/aromatic N) is 1. The third-order valence-electron chi connectivity index (χ3n) is 3.27. The molecule has 20 heavy (non-hydrogen) atoms. The van der Waals surface area contributed by atoms with Crippen LogP contribution in [0.3, 0.4) is 0 Å². The van der Waals surface area contributed by atoms with Gasteiger partial charge >= 0.3 is 0 Å². The maximum Gasteiger partial charge on any atom is 0.0936 e. The van der Waals surface area contributed by atoms with E-state index in [0.29, 0.717) is 6.54 Å². The molecule has 0 radical (unpaired) electrons. The van der Waals surface area contributed by atoms with Crippen molar-refractivity contribution < 1.29 is 9.84 Å². The summed E-state index contributed by atoms with van der Waals surface area (Å²) < 4.78 is 5.65. The Balaban J connectivity index is 2.02. The highest BCUT2D eigenvalue weighted by Gasteiger charge is 2.24. The molecule has 0 amide bonds. The highest BCUT2D eigenvalue weighted by atomic mass is 16.5. The Morgan fingerprint density at radius 2 is 2.30 bits per heavy atom. The van der Waals surface area contributed by atoms with E-state index in [1.54, 1.807) is 0 Å². The second-order valence-corrected chi connectivity index (χ2v) is 5.15. The summed E-state index contributed by atoms with van der Waals surface area (Å²) in [5.41, 5.74) is 7.61. The first kappa shape index (κ1) is 15.0. The molecule has 0 aromatic heterocycles. The van der Waals surface area contributed by atoms with Crippen LogP contribution in [0.5, 0.6) is 0 Å². The molecule has 1 heterocycles. The van der Waals surface area contributed by atoms with Crippen LogP contribution in [0.4, 0.5) is 0 Å². The minimum atomic E-state index is -0.0843. The van der Waals surface area contributed by atoms with Crippen LogP contribution >= 0.6 is 0 Å². The molecule has 1 aliphatic heterocycles. The summed E-state index contributed by atoms with van der Waals surface area (Å²) >= 11 is 0. The number of aliphatic hydroxyl groups excluding tert-OH is 1. The van der Waals surface area contributed by atoms with Crippen LogP contribution in [-0.2, 0) is 11.3 Å². The fourth-order valence-electron chi connectivity index (χ4n) is 2.53. The fraction of sp³-hybridized carbons (Fsp3) is 0.500. The molecule has 0 spiro atoms. The summed E-state index contributed by atoms with van der Waals surface area (Å²) in [4.78, 5) is 2.31. The number of hydrogen-bond donors (Lipinski definition) is 2. The number of ether oxygens (including phenoxy) is 1. The first-order chi connectivity index (χ1) is 9.71. The number of morpholine rings is 1. The van der Waals surface area contributed by atoms with Crippen LogP contribution in [0, 0.1) is 11.8 Å². The molecule has 4 heteroatoms. The standard InChI is InChI=1S/C16H22N2O2/c1-13-9-18(11-16(12-19)20-13)10-15-5-2-4-14(8-15)6-3-7-17/h2,4-5,8,13,16,19H,7,9-12,17H2,1H3. The number of aliphatic hydroxyl groups is 1. The van der Waals surface area contributed by atoms with E-state index in [2.05, 4.69) is 28.9 Å². The Morgan fingerprint density at radius 1 is 1.45 bits per heavy atom. The van der Waals surface area contributed by atoms with Gasteiger partial charge in [0.1, 0.15) is 0 Å². The summed E-state index contributed by atoms with van der Waals surface area (Å²) in [5, 5.41) is 9.25. The average Bonchev–Trinajstić information content (AvgIpc) is 2.45. The Kier molecular flexibility index (Phi) is 5.57. The van der Waals surface area contributed by atoms with E-state index >= 15 is 0 Å². The van der Waals surface area contributed by atoms with Crippen molar-refractivity contribution in [2.24, 2.45) is 5.73 Å². The van der Waals surface area contributed by atoms with Gasteiger partial charge in [-0.25, -0.2) is 0 Å². The molecule has 4 nitrogen and oxygen atoms in total. The molecule has 1 aromatic carbocycles. The van der Waals surface area contributed by atoms with Gasteiger partial charge in [-0.15, -0.1) is 0 Å². The average molecular weight is 274 g/mol. The van der Waals surface area contributed by atoms with E-state index in [4.69, 9.17) is 10.5 Å². The molecular formula is C16H22N2O2. The largest absolute Gasteiger partial charge is 0.394 e. The van der Waals surface area contributed by atoms with Crippen molar-refractivity contribution >= 4 is 0 Å². The third kappa shape index (κ3) is 4.32. The van der Waals surface area contributed by atoms with Gasteiger partial charge in [0.05, 0.1) is 25.4 Å². The van der Waals surface area contributed by atoms with Crippen molar-refractivity contribution in [2.45, 2.75) is 25.7 Å². The summed E-state index contributed by atoms with van der Waals surface area (Å²) in [6.45, 7) is 4.99. The van der Waals surface area contributed by atoms with Crippen molar-refractivity contribution in [3.05, 3.63) is 35.4 Å². The summed E-state index contributed by atoms with van der Waals surface area (Å²) in [7, 11) is 0. The molecule has 3 N–H and O–H groups in total. The van der Waals surface area contributed by atoms with Gasteiger partial charge in [0.15, 0.2) is 0 Å². The van der Waals surface area contributed by atoms with Crippen LogP contribution in [-0.4, -0.2) is 48.5 Å². The molecule has 0 saturated carbocycles. The lowest BCUT2D eigenvalue weighted by molar-refractivity contribution is -0.0972. The predicted molar refractivity (Wildman–Crippen MR) is 79.1 cm³/mol. The quantitative estimate of drug-likeness (QED) is 0.792. The molecule has 1 aromatic rings. The molecule has 108 valence electrons. The minimum absolute atomic E-state index is 0.0723. The lowest BCUT2D eigenvalue weighted by atomic mass is 10.1. The Labute approximate surface area is 120 Å². The van der Waals surface area contributed by atoms with E-state index in [-0.39, 0.29) is 18.8 Å². The van der Waals surface area contributed by atoms with Gasteiger partial charge in [-0.3, -0.25) is 4.90 Å². The highest BCUT2D eigenvalue weighted by Crippen LogP contribution is 2.15. The van der Waals surface area contributed by atoms with Crippen LogP contribution in [0.1, 0.15) is 18.1 Å². The maximum atomic E-state index is 9.25. The fourth-order valence-corrected chi connectivity index (χ4v) is 2.53. The van der Waals surface area contributed by atoms with Crippen LogP contribution in [0.15, 0.2) is 24.3 Å². The molecule has 2 unspecified atom stereocenters. The van der Waals surface area contributed by atoms with Crippen LogP contribution in [0.2, 0.25) is 0 Å². The van der Waals surface area contributed by atoms with Crippen molar-refractivity contribution in [3.8, 4) is 11.8 Å². The second-order valence-electron chi connectivity index (χ2n) is 5.15. The lowest BCUT2D eigenvalue weighted by Gasteiger charge is -2.36. The van der Waals surface area contributed by atoms with Crippen LogP contribution in [0.25, 0.3) is 0 Å². The molecule has 0 bridgehead atoms. The van der Waals surface area contributed by atoms with E-state index in [1.807, 2.05) is 19.1 Å². The van der Waals surface area contributed by atoms with Gasteiger partial charge in [-0.05, 0) is 24.6 Å². The number of hydrogen-bond acceptors (Lipinski definition) is 4. The van der Waals surface area contributed by atoms with Gasteiger partial charge < -0.3 is 15.6 Å². The Morgan fingerprint density at radius 3 is 3.05 bits per heavy atom. The Bertz CT molecular complexity index is 493. The molecule has 0 aliphatic carbocycles. The molecule has 1 aliphatic rings. The van der Waals surface area contributed by atoms with E-state index in [0.717, 1.165) is 25.2 Å². The summed E-state index contributed by atoms with van der Waals surface area (Å²) in [6.07, 6.45) is 0.0695. The monoisotopic (exact) mass is 274 g/mol. The van der Waals surface area contributed by atoms with E-state index < -0.39 is 0 Å². The van der Waals surface area contributed by atoms with Gasteiger partial charge in [0, 0.05) is 25.2 Å². The van der Waals surface area contributed by atoms with Crippen molar-refractivity contribution in [1.29, 1.82) is 0 Å². The molecule has 1 saturated heterocycles. The van der Waals surface area contributed by atoms with Gasteiger partial charge in [-0.2, -0.15) is 0 Å². The van der Waals surface area contributed by atoms with E-state index in [1.165, 1.54) is 5.56 Å². The summed E-state index contributed by atoms with van der Waals surface area (Å²) in [5.74, 6) is 5.92. The van der Waals surface area contributed by atoms with Crippen LogP contribution < -0.4 is 5.73 Å². The minimum Gasteiger partial charge on any atom is -0.394 e. The lowest BCUT2D eigenvalue weighted by Crippen LogP contribution is -2.47. The number of nitrogens with two attached hydrogens (primary N) is 1. The number of benzene rings is 1. The Hall–Kier alpha value is -1.38. The first-order valence-electron chi connectivity index (χ1n) is 6.98. The smallest absolute Gasteiger partial charge is 0.0936 e. The zero-order valence-electron chi connectivity index (χ0n) is 11.9. The van der Waals surface area contributed by atoms with Gasteiger partial charge in [0.25, 0.3) is 0 Å². The maximum absolute atomic E-state index is 9.25.